The lowest BCUT2D eigenvalue weighted by Gasteiger charge is -2.50. The van der Waals surface area contributed by atoms with E-state index in [1.807, 2.05) is 0 Å². The second kappa shape index (κ2) is 8.38. The Labute approximate surface area is 165 Å². The van der Waals surface area contributed by atoms with Crippen molar-refractivity contribution in [3.63, 3.8) is 0 Å². The van der Waals surface area contributed by atoms with Gasteiger partial charge in [0, 0.05) is 63.9 Å². The lowest BCUT2D eigenvalue weighted by atomic mass is 9.81. The summed E-state index contributed by atoms with van der Waals surface area (Å²) in [5.74, 6) is 0.746. The third kappa shape index (κ3) is 4.35. The van der Waals surface area contributed by atoms with Gasteiger partial charge in [-0.15, -0.1) is 0 Å². The highest BCUT2D eigenvalue weighted by molar-refractivity contribution is 5.79. The molecule has 5 nitrogen and oxygen atoms in total. The van der Waals surface area contributed by atoms with Crippen LogP contribution in [-0.2, 0) is 9.53 Å². The van der Waals surface area contributed by atoms with Crippen molar-refractivity contribution in [1.82, 2.24) is 14.7 Å². The number of carbonyl (C=O) groups excluding carboxylic acids is 1. The standard InChI is InChI=1S/C22H39N3O2/c1-18(2)23-12-14-24(15-13-23)20-7-16-27-22(17-20)8-10-25(11-9-22)21(26)19-5-3-4-6-19/h18-20H,3-17H2,1-2H3. The lowest BCUT2D eigenvalue weighted by Crippen LogP contribution is -2.58. The van der Waals surface area contributed by atoms with Crippen LogP contribution in [-0.4, -0.2) is 84.2 Å². The predicted octanol–water partition coefficient (Wildman–Crippen LogP) is 2.74. The first-order valence-corrected chi connectivity index (χ1v) is 11.5. The van der Waals surface area contributed by atoms with Gasteiger partial charge in [0.25, 0.3) is 0 Å². The van der Waals surface area contributed by atoms with E-state index in [4.69, 9.17) is 4.74 Å². The van der Waals surface area contributed by atoms with Crippen LogP contribution in [0.2, 0.25) is 0 Å². The van der Waals surface area contributed by atoms with Crippen molar-refractivity contribution < 1.29 is 9.53 Å². The van der Waals surface area contributed by atoms with Crippen LogP contribution in [0.3, 0.4) is 0 Å². The molecule has 1 aliphatic carbocycles. The summed E-state index contributed by atoms with van der Waals surface area (Å²) in [6.07, 6.45) is 9.12. The molecule has 3 heterocycles. The zero-order valence-electron chi connectivity index (χ0n) is 17.5. The van der Waals surface area contributed by atoms with Crippen molar-refractivity contribution in [2.24, 2.45) is 5.92 Å². The topological polar surface area (TPSA) is 36.0 Å². The number of nitrogens with zero attached hydrogens (tertiary/aromatic N) is 3. The highest BCUT2D eigenvalue weighted by atomic mass is 16.5. The first-order chi connectivity index (χ1) is 13.1. The smallest absolute Gasteiger partial charge is 0.225 e. The molecule has 0 aromatic heterocycles. The molecule has 3 saturated heterocycles. The van der Waals surface area contributed by atoms with Crippen LogP contribution < -0.4 is 0 Å². The highest BCUT2D eigenvalue weighted by Gasteiger charge is 2.43. The number of likely N-dealkylation sites (tertiary alicyclic amines) is 1. The van der Waals surface area contributed by atoms with Crippen molar-refractivity contribution >= 4 is 5.91 Å². The van der Waals surface area contributed by atoms with Crippen molar-refractivity contribution in [3.8, 4) is 0 Å². The van der Waals surface area contributed by atoms with Gasteiger partial charge in [-0.05, 0) is 52.4 Å². The molecule has 0 aromatic carbocycles. The molecule has 0 N–H and O–H groups in total. The SMILES string of the molecule is CC(C)N1CCN(C2CCOC3(CCN(C(=O)C4CCCC4)CC3)C2)CC1. The maximum absolute atomic E-state index is 12.7. The summed E-state index contributed by atoms with van der Waals surface area (Å²) in [6.45, 7) is 12.1. The fourth-order valence-electron chi connectivity index (χ4n) is 5.85. The molecule has 1 atom stereocenters. The fourth-order valence-corrected chi connectivity index (χ4v) is 5.85. The molecule has 4 rings (SSSR count). The molecule has 0 aromatic rings. The highest BCUT2D eigenvalue weighted by Crippen LogP contribution is 2.38. The van der Waals surface area contributed by atoms with E-state index in [9.17, 15) is 4.79 Å². The first-order valence-electron chi connectivity index (χ1n) is 11.5. The third-order valence-electron chi connectivity index (χ3n) is 7.75. The Kier molecular flexibility index (Phi) is 6.10. The molecule has 1 amide bonds. The molecule has 154 valence electrons. The molecule has 3 aliphatic heterocycles. The number of amides is 1. The van der Waals surface area contributed by atoms with Crippen LogP contribution >= 0.6 is 0 Å². The molecule has 5 heteroatoms. The number of ether oxygens (including phenoxy) is 1. The molecular formula is C22H39N3O2. The first kappa shape index (κ1) is 19.7. The van der Waals surface area contributed by atoms with Gasteiger partial charge in [0.2, 0.25) is 5.91 Å². The Balaban J connectivity index is 1.29. The summed E-state index contributed by atoms with van der Waals surface area (Å²) in [7, 11) is 0. The van der Waals surface area contributed by atoms with E-state index in [2.05, 4.69) is 28.5 Å². The normalized spacial score (nSPS) is 31.1. The Bertz CT molecular complexity index is 502. The van der Waals surface area contributed by atoms with Crippen molar-refractivity contribution in [1.29, 1.82) is 0 Å². The largest absolute Gasteiger partial charge is 0.375 e. The number of piperazine rings is 1. The van der Waals surface area contributed by atoms with E-state index < -0.39 is 0 Å². The summed E-state index contributed by atoms with van der Waals surface area (Å²) in [5, 5.41) is 0. The van der Waals surface area contributed by atoms with E-state index in [0.29, 0.717) is 23.9 Å². The zero-order valence-corrected chi connectivity index (χ0v) is 17.5. The number of hydrogen-bond donors (Lipinski definition) is 0. The molecular weight excluding hydrogens is 338 g/mol. The summed E-state index contributed by atoms with van der Waals surface area (Å²) in [4.78, 5) is 20.2. The molecule has 4 fully saturated rings. The van der Waals surface area contributed by atoms with Gasteiger partial charge in [-0.25, -0.2) is 0 Å². The van der Waals surface area contributed by atoms with Crippen LogP contribution in [0, 0.1) is 5.92 Å². The van der Waals surface area contributed by atoms with Crippen molar-refractivity contribution in [3.05, 3.63) is 0 Å². The van der Waals surface area contributed by atoms with Gasteiger partial charge < -0.3 is 9.64 Å². The zero-order chi connectivity index (χ0) is 18.9. The summed E-state index contributed by atoms with van der Waals surface area (Å²) >= 11 is 0. The maximum atomic E-state index is 12.7. The molecule has 1 spiro atoms. The van der Waals surface area contributed by atoms with Gasteiger partial charge in [0.15, 0.2) is 0 Å². The third-order valence-corrected chi connectivity index (χ3v) is 7.75. The molecule has 1 unspecified atom stereocenters. The molecule has 0 bridgehead atoms. The van der Waals surface area contributed by atoms with Gasteiger partial charge in [0.1, 0.15) is 0 Å². The molecule has 0 radical (unpaired) electrons. The summed E-state index contributed by atoms with van der Waals surface area (Å²) in [5.41, 5.74) is 0.0323. The second-order valence-corrected chi connectivity index (χ2v) is 9.65. The van der Waals surface area contributed by atoms with E-state index in [0.717, 1.165) is 45.4 Å². The molecule has 4 aliphatic rings. The number of rotatable bonds is 3. The van der Waals surface area contributed by atoms with E-state index in [-0.39, 0.29) is 5.60 Å². The quantitative estimate of drug-likeness (QED) is 0.758. The molecule has 1 saturated carbocycles. The van der Waals surface area contributed by atoms with E-state index in [1.54, 1.807) is 0 Å². The minimum absolute atomic E-state index is 0.0323. The van der Waals surface area contributed by atoms with Gasteiger partial charge in [-0.1, -0.05) is 12.8 Å². The minimum Gasteiger partial charge on any atom is -0.375 e. The number of hydrogen-bond acceptors (Lipinski definition) is 4. The van der Waals surface area contributed by atoms with Gasteiger partial charge in [-0.2, -0.15) is 0 Å². The maximum Gasteiger partial charge on any atom is 0.225 e. The van der Waals surface area contributed by atoms with E-state index in [1.165, 1.54) is 51.9 Å². The minimum atomic E-state index is 0.0323. The van der Waals surface area contributed by atoms with Crippen LogP contribution in [0.5, 0.6) is 0 Å². The van der Waals surface area contributed by atoms with Crippen LogP contribution in [0.1, 0.15) is 65.2 Å². The van der Waals surface area contributed by atoms with Gasteiger partial charge in [0.05, 0.1) is 5.60 Å². The van der Waals surface area contributed by atoms with Gasteiger partial charge in [-0.3, -0.25) is 14.6 Å². The second-order valence-electron chi connectivity index (χ2n) is 9.65. The monoisotopic (exact) mass is 377 g/mol. The van der Waals surface area contributed by atoms with Crippen molar-refractivity contribution in [2.75, 3.05) is 45.9 Å². The van der Waals surface area contributed by atoms with Crippen LogP contribution in [0.4, 0.5) is 0 Å². The molecule has 27 heavy (non-hydrogen) atoms. The lowest BCUT2D eigenvalue weighted by molar-refractivity contribution is -0.153. The van der Waals surface area contributed by atoms with Gasteiger partial charge >= 0.3 is 0 Å². The summed E-state index contributed by atoms with van der Waals surface area (Å²) in [6, 6.07) is 1.33. The van der Waals surface area contributed by atoms with Crippen molar-refractivity contribution in [2.45, 2.75) is 82.9 Å². The average Bonchev–Trinajstić information content (AvgIpc) is 3.23. The Hall–Kier alpha value is -0.650. The predicted molar refractivity (Wildman–Crippen MR) is 108 cm³/mol. The summed E-state index contributed by atoms with van der Waals surface area (Å²) < 4.78 is 6.37. The van der Waals surface area contributed by atoms with E-state index >= 15 is 0 Å². The fraction of sp³-hybridized carbons (Fsp3) is 0.955. The average molecular weight is 378 g/mol. The Morgan fingerprint density at radius 2 is 1.63 bits per heavy atom. The Morgan fingerprint density at radius 3 is 2.26 bits per heavy atom. The number of piperidine rings is 1. The Morgan fingerprint density at radius 1 is 0.963 bits per heavy atom. The number of carbonyl (C=O) groups is 1. The van der Waals surface area contributed by atoms with Crippen LogP contribution in [0.25, 0.3) is 0 Å². The van der Waals surface area contributed by atoms with Crippen LogP contribution in [0.15, 0.2) is 0 Å².